The molecule has 6 nitrogen and oxygen atoms in total. The van der Waals surface area contributed by atoms with E-state index in [2.05, 4.69) is 5.32 Å². The van der Waals surface area contributed by atoms with Crippen LogP contribution in [0.3, 0.4) is 0 Å². The predicted octanol–water partition coefficient (Wildman–Crippen LogP) is -1.02. The number of carbonyl (C=O) groups excluding carboxylic acids is 1. The number of aliphatic hydroxyl groups excluding tert-OH is 1. The highest BCUT2D eigenvalue weighted by atomic mass is 32.2. The molecule has 0 aliphatic heterocycles. The van der Waals surface area contributed by atoms with Gasteiger partial charge in [0.25, 0.3) is 0 Å². The third kappa shape index (κ3) is 7.20. The fraction of sp³-hybridized carbons (Fsp3) is 0.900. The topological polar surface area (TPSA) is 109 Å². The Kier molecular flexibility index (Phi) is 7.84. The van der Waals surface area contributed by atoms with Crippen molar-refractivity contribution < 1.29 is 18.3 Å². The number of hydrogen-bond donors (Lipinski definition) is 3. The van der Waals surface area contributed by atoms with Gasteiger partial charge in [-0.2, -0.15) is 11.8 Å². The number of nitrogens with two attached hydrogens (primary N) is 1. The summed E-state index contributed by atoms with van der Waals surface area (Å²) >= 11 is 1.45. The second-order valence-corrected chi connectivity index (χ2v) is 7.62. The van der Waals surface area contributed by atoms with Crippen molar-refractivity contribution >= 4 is 27.5 Å². The van der Waals surface area contributed by atoms with Gasteiger partial charge in [0.15, 0.2) is 0 Å². The lowest BCUT2D eigenvalue weighted by Crippen LogP contribution is -2.48. The fourth-order valence-electron chi connectivity index (χ4n) is 1.33. The van der Waals surface area contributed by atoms with E-state index in [-0.39, 0.29) is 30.1 Å². The molecule has 0 saturated heterocycles. The average Bonchev–Trinajstić information content (AvgIpc) is 2.26. The molecule has 0 radical (unpaired) electrons. The van der Waals surface area contributed by atoms with Crippen molar-refractivity contribution in [3.8, 4) is 0 Å². The Morgan fingerprint density at radius 3 is 2.44 bits per heavy atom. The van der Waals surface area contributed by atoms with E-state index in [1.165, 1.54) is 11.8 Å². The van der Waals surface area contributed by atoms with E-state index in [1.54, 1.807) is 6.92 Å². The zero-order chi connectivity index (χ0) is 14.3. The molecule has 108 valence electrons. The fourth-order valence-corrected chi connectivity index (χ4v) is 2.64. The lowest BCUT2D eigenvalue weighted by molar-refractivity contribution is -0.123. The van der Waals surface area contributed by atoms with E-state index in [1.807, 2.05) is 6.26 Å². The summed E-state index contributed by atoms with van der Waals surface area (Å²) in [6, 6.07) is -1.06. The molecule has 3 atom stereocenters. The molecule has 0 rings (SSSR count). The summed E-state index contributed by atoms with van der Waals surface area (Å²) in [4.78, 5) is 11.7. The molecule has 0 saturated carbocycles. The Hall–Kier alpha value is -0.310. The minimum Gasteiger partial charge on any atom is -0.395 e. The highest BCUT2D eigenvalue weighted by molar-refractivity contribution is 7.99. The number of hydrogen-bond acceptors (Lipinski definition) is 6. The molecule has 0 fully saturated rings. The standard InChI is InChI=1S/C10H22N2O4S2/c1-7(9(6-13)17-2)12-10(14)8(11)4-5-18(3,15)16/h7-9,13H,4-6,11H2,1-3H3,(H,12,14). The first kappa shape index (κ1) is 17.7. The van der Waals surface area contributed by atoms with Crippen LogP contribution in [-0.2, 0) is 14.6 Å². The second kappa shape index (κ2) is 7.98. The maximum absolute atomic E-state index is 11.7. The maximum atomic E-state index is 11.7. The minimum atomic E-state index is -3.11. The summed E-state index contributed by atoms with van der Waals surface area (Å²) in [6.07, 6.45) is 3.04. The Bertz CT molecular complexity index is 355. The van der Waals surface area contributed by atoms with Crippen LogP contribution in [0.4, 0.5) is 0 Å². The minimum absolute atomic E-state index is 0.0405. The SMILES string of the molecule is CSC(CO)C(C)NC(=O)C(N)CCS(C)(=O)=O. The van der Waals surface area contributed by atoms with Gasteiger partial charge in [0, 0.05) is 17.5 Å². The Morgan fingerprint density at radius 1 is 1.50 bits per heavy atom. The summed E-state index contributed by atoms with van der Waals surface area (Å²) in [5, 5.41) is 11.7. The van der Waals surface area contributed by atoms with Crippen molar-refractivity contribution in [1.82, 2.24) is 5.32 Å². The normalized spacial score (nSPS) is 16.9. The number of sulfone groups is 1. The number of amides is 1. The molecule has 0 heterocycles. The molecule has 0 aliphatic carbocycles. The van der Waals surface area contributed by atoms with Crippen LogP contribution in [-0.4, -0.2) is 61.6 Å². The smallest absolute Gasteiger partial charge is 0.237 e. The van der Waals surface area contributed by atoms with Gasteiger partial charge in [0.2, 0.25) is 5.91 Å². The molecule has 4 N–H and O–H groups in total. The van der Waals surface area contributed by atoms with Gasteiger partial charge in [0.05, 0.1) is 18.4 Å². The van der Waals surface area contributed by atoms with Gasteiger partial charge in [-0.25, -0.2) is 8.42 Å². The van der Waals surface area contributed by atoms with E-state index in [9.17, 15) is 13.2 Å². The highest BCUT2D eigenvalue weighted by Crippen LogP contribution is 2.10. The Balaban J connectivity index is 4.23. The average molecular weight is 298 g/mol. The van der Waals surface area contributed by atoms with Crippen molar-refractivity contribution in [3.05, 3.63) is 0 Å². The summed E-state index contributed by atoms with van der Waals surface area (Å²) in [5.74, 6) is -0.499. The van der Waals surface area contributed by atoms with Gasteiger partial charge in [-0.1, -0.05) is 0 Å². The molecular weight excluding hydrogens is 276 g/mol. The molecule has 0 aromatic rings. The molecule has 1 amide bonds. The van der Waals surface area contributed by atoms with Gasteiger partial charge in [-0.15, -0.1) is 0 Å². The number of thioether (sulfide) groups is 1. The molecule has 0 aromatic heterocycles. The molecular formula is C10H22N2O4S2. The van der Waals surface area contributed by atoms with Gasteiger partial charge in [0.1, 0.15) is 9.84 Å². The van der Waals surface area contributed by atoms with Crippen LogP contribution in [0.5, 0.6) is 0 Å². The highest BCUT2D eigenvalue weighted by Gasteiger charge is 2.21. The first-order valence-corrected chi connectivity index (χ1v) is 8.93. The van der Waals surface area contributed by atoms with Crippen molar-refractivity contribution in [1.29, 1.82) is 0 Å². The summed E-state index contributed by atoms with van der Waals surface area (Å²) in [7, 11) is -3.11. The monoisotopic (exact) mass is 298 g/mol. The maximum Gasteiger partial charge on any atom is 0.237 e. The second-order valence-electron chi connectivity index (χ2n) is 4.28. The molecule has 18 heavy (non-hydrogen) atoms. The van der Waals surface area contributed by atoms with Crippen LogP contribution in [0.1, 0.15) is 13.3 Å². The molecule has 8 heteroatoms. The lowest BCUT2D eigenvalue weighted by Gasteiger charge is -2.23. The van der Waals surface area contributed by atoms with Crippen molar-refractivity contribution in [2.45, 2.75) is 30.7 Å². The van der Waals surface area contributed by atoms with Crippen LogP contribution in [0.15, 0.2) is 0 Å². The van der Waals surface area contributed by atoms with Crippen molar-refractivity contribution in [2.75, 3.05) is 24.9 Å². The number of rotatable bonds is 8. The van der Waals surface area contributed by atoms with Crippen LogP contribution in [0.25, 0.3) is 0 Å². The lowest BCUT2D eigenvalue weighted by atomic mass is 10.2. The van der Waals surface area contributed by atoms with Gasteiger partial charge >= 0.3 is 0 Å². The summed E-state index contributed by atoms with van der Waals surface area (Å²) < 4.78 is 21.9. The van der Waals surface area contributed by atoms with E-state index in [0.29, 0.717) is 0 Å². The molecule has 3 unspecified atom stereocenters. The molecule has 0 aliphatic rings. The first-order chi connectivity index (χ1) is 8.21. The zero-order valence-electron chi connectivity index (χ0n) is 10.9. The van der Waals surface area contributed by atoms with Crippen LogP contribution in [0, 0.1) is 0 Å². The third-order valence-corrected chi connectivity index (χ3v) is 4.69. The largest absolute Gasteiger partial charge is 0.395 e. The molecule has 0 aromatic carbocycles. The van der Waals surface area contributed by atoms with Crippen molar-refractivity contribution in [3.63, 3.8) is 0 Å². The van der Waals surface area contributed by atoms with E-state index in [4.69, 9.17) is 10.8 Å². The van der Waals surface area contributed by atoms with Crippen LogP contribution < -0.4 is 11.1 Å². The van der Waals surface area contributed by atoms with Crippen LogP contribution in [0.2, 0.25) is 0 Å². The van der Waals surface area contributed by atoms with Gasteiger partial charge in [-0.05, 0) is 19.6 Å². The Labute approximate surface area is 113 Å². The van der Waals surface area contributed by atoms with E-state index in [0.717, 1.165) is 6.26 Å². The quantitative estimate of drug-likeness (QED) is 0.529. The zero-order valence-corrected chi connectivity index (χ0v) is 12.6. The number of aliphatic hydroxyl groups is 1. The number of carbonyl (C=O) groups is 1. The number of nitrogens with one attached hydrogen (secondary N) is 1. The summed E-state index contributed by atoms with van der Waals surface area (Å²) in [5.41, 5.74) is 5.61. The summed E-state index contributed by atoms with van der Waals surface area (Å²) in [6.45, 7) is 1.74. The van der Waals surface area contributed by atoms with Gasteiger partial charge < -0.3 is 16.2 Å². The van der Waals surface area contributed by atoms with Crippen molar-refractivity contribution in [2.24, 2.45) is 5.73 Å². The molecule has 0 bridgehead atoms. The first-order valence-electron chi connectivity index (χ1n) is 5.58. The molecule has 0 spiro atoms. The Morgan fingerprint density at radius 2 is 2.06 bits per heavy atom. The predicted molar refractivity (Wildman–Crippen MR) is 74.3 cm³/mol. The van der Waals surface area contributed by atoms with E-state index < -0.39 is 21.8 Å². The van der Waals surface area contributed by atoms with E-state index >= 15 is 0 Å². The third-order valence-electron chi connectivity index (χ3n) is 2.55. The van der Waals surface area contributed by atoms with Gasteiger partial charge in [-0.3, -0.25) is 4.79 Å². The van der Waals surface area contributed by atoms with Crippen LogP contribution >= 0.6 is 11.8 Å².